The summed E-state index contributed by atoms with van der Waals surface area (Å²) in [5.74, 6) is 1.19. The van der Waals surface area contributed by atoms with Gasteiger partial charge in [-0.15, -0.1) is 0 Å². The molecule has 0 bridgehead atoms. The summed E-state index contributed by atoms with van der Waals surface area (Å²) in [7, 11) is 0. The normalized spacial score (nSPS) is 26.1. The lowest BCUT2D eigenvalue weighted by atomic mass is 10.1. The van der Waals surface area contributed by atoms with Crippen LogP contribution < -0.4 is 5.73 Å². The lowest BCUT2D eigenvalue weighted by Gasteiger charge is -2.02. The second-order valence-corrected chi connectivity index (χ2v) is 4.03. The van der Waals surface area contributed by atoms with Gasteiger partial charge in [-0.1, -0.05) is 17.7 Å². The molecule has 0 radical (unpaired) electrons. The number of nitrogens with two attached hydrogens (primary N) is 1. The second kappa shape index (κ2) is 3.28. The number of rotatable bonds is 2. The molecule has 13 heavy (non-hydrogen) atoms. The van der Waals surface area contributed by atoms with E-state index in [9.17, 15) is 0 Å². The molecule has 0 saturated heterocycles. The monoisotopic (exact) mass is 196 g/mol. The van der Waals surface area contributed by atoms with Crippen LogP contribution in [0.25, 0.3) is 0 Å². The van der Waals surface area contributed by atoms with E-state index in [0.29, 0.717) is 17.0 Å². The van der Waals surface area contributed by atoms with Gasteiger partial charge >= 0.3 is 0 Å². The quantitative estimate of drug-likeness (QED) is 0.736. The minimum atomic E-state index is 0.561. The molecule has 2 N–H and O–H groups in total. The molecule has 0 amide bonds. The summed E-state index contributed by atoms with van der Waals surface area (Å²) in [6, 6.07) is 4.08. The fourth-order valence-electron chi connectivity index (χ4n) is 1.70. The predicted octanol–water partition coefficient (Wildman–Crippen LogP) is 2.11. The minimum absolute atomic E-state index is 0.561. The maximum absolute atomic E-state index is 6.03. The van der Waals surface area contributed by atoms with E-state index < -0.39 is 0 Å². The van der Waals surface area contributed by atoms with Crippen LogP contribution in [0.3, 0.4) is 0 Å². The molecule has 70 valence electrons. The first kappa shape index (κ1) is 8.97. The molecule has 2 atom stereocenters. The highest BCUT2D eigenvalue weighted by atomic mass is 35.5. The van der Waals surface area contributed by atoms with Gasteiger partial charge in [0.05, 0.1) is 0 Å². The predicted molar refractivity (Wildman–Crippen MR) is 53.9 cm³/mol. The number of aryl methyl sites for hydroxylation is 1. The van der Waals surface area contributed by atoms with Crippen LogP contribution in [0.1, 0.15) is 23.6 Å². The molecular weight excluding hydrogens is 184 g/mol. The van der Waals surface area contributed by atoms with Crippen molar-refractivity contribution in [3.63, 3.8) is 0 Å². The topological polar surface area (TPSA) is 38.9 Å². The minimum Gasteiger partial charge on any atom is -0.330 e. The molecule has 1 aromatic heterocycles. The third kappa shape index (κ3) is 1.69. The highest BCUT2D eigenvalue weighted by Crippen LogP contribution is 2.48. The molecule has 1 aliphatic rings. The van der Waals surface area contributed by atoms with E-state index in [0.717, 1.165) is 12.2 Å². The lowest BCUT2D eigenvalue weighted by Crippen LogP contribution is -2.02. The zero-order valence-corrected chi connectivity index (χ0v) is 8.38. The molecule has 2 unspecified atom stereocenters. The number of nitrogens with zero attached hydrogens (tertiary/aromatic N) is 1. The maximum atomic E-state index is 6.03. The largest absolute Gasteiger partial charge is 0.330 e. The van der Waals surface area contributed by atoms with Gasteiger partial charge in [0.1, 0.15) is 5.15 Å². The van der Waals surface area contributed by atoms with Crippen LogP contribution in [0.2, 0.25) is 5.15 Å². The number of halogens is 1. The molecule has 1 aliphatic carbocycles. The molecule has 1 fully saturated rings. The van der Waals surface area contributed by atoms with Crippen LogP contribution in [0.15, 0.2) is 12.1 Å². The molecule has 2 nitrogen and oxygen atoms in total. The Labute approximate surface area is 83.1 Å². The van der Waals surface area contributed by atoms with Gasteiger partial charge in [0.25, 0.3) is 0 Å². The zero-order valence-electron chi connectivity index (χ0n) is 7.63. The molecule has 1 aromatic rings. The van der Waals surface area contributed by atoms with Crippen molar-refractivity contribution in [3.05, 3.63) is 28.5 Å². The number of hydrogen-bond acceptors (Lipinski definition) is 2. The Hall–Kier alpha value is -0.600. The molecule has 1 saturated carbocycles. The maximum Gasteiger partial charge on any atom is 0.132 e. The smallest absolute Gasteiger partial charge is 0.132 e. The SMILES string of the molecule is Cc1ccc(C2CC2CN)c(Cl)n1. The van der Waals surface area contributed by atoms with Gasteiger partial charge < -0.3 is 5.73 Å². The van der Waals surface area contributed by atoms with Crippen molar-refractivity contribution >= 4 is 11.6 Å². The van der Waals surface area contributed by atoms with Crippen LogP contribution in [-0.4, -0.2) is 11.5 Å². The first-order valence-corrected chi connectivity index (χ1v) is 4.93. The Morgan fingerprint density at radius 2 is 2.38 bits per heavy atom. The Morgan fingerprint density at radius 3 is 2.92 bits per heavy atom. The van der Waals surface area contributed by atoms with E-state index in [2.05, 4.69) is 11.1 Å². The van der Waals surface area contributed by atoms with Gasteiger partial charge in [0.15, 0.2) is 0 Å². The fourth-order valence-corrected chi connectivity index (χ4v) is 2.04. The molecule has 2 rings (SSSR count). The summed E-state index contributed by atoms with van der Waals surface area (Å²) in [5, 5.41) is 0.654. The van der Waals surface area contributed by atoms with Gasteiger partial charge in [0, 0.05) is 5.69 Å². The molecule has 1 heterocycles. The second-order valence-electron chi connectivity index (χ2n) is 3.67. The van der Waals surface area contributed by atoms with E-state index in [-0.39, 0.29) is 0 Å². The number of aromatic nitrogens is 1. The van der Waals surface area contributed by atoms with Gasteiger partial charge in [-0.2, -0.15) is 0 Å². The van der Waals surface area contributed by atoms with Crippen LogP contribution >= 0.6 is 11.6 Å². The molecular formula is C10H13ClN2. The summed E-state index contributed by atoms with van der Waals surface area (Å²) >= 11 is 6.03. The van der Waals surface area contributed by atoms with Gasteiger partial charge in [-0.05, 0) is 43.4 Å². The molecule has 0 spiro atoms. The van der Waals surface area contributed by atoms with Crippen LogP contribution in [0.5, 0.6) is 0 Å². The zero-order chi connectivity index (χ0) is 9.42. The number of hydrogen-bond donors (Lipinski definition) is 1. The van der Waals surface area contributed by atoms with E-state index in [1.54, 1.807) is 0 Å². The standard InChI is InChI=1S/C10H13ClN2/c1-6-2-3-8(10(11)13-6)9-4-7(9)5-12/h2-3,7,9H,4-5,12H2,1H3. The van der Waals surface area contributed by atoms with Crippen molar-refractivity contribution in [2.45, 2.75) is 19.3 Å². The first-order chi connectivity index (χ1) is 6.22. The van der Waals surface area contributed by atoms with E-state index in [1.165, 1.54) is 12.0 Å². The van der Waals surface area contributed by atoms with Crippen LogP contribution in [-0.2, 0) is 0 Å². The Morgan fingerprint density at radius 1 is 1.62 bits per heavy atom. The molecule has 3 heteroatoms. The highest BCUT2D eigenvalue weighted by molar-refractivity contribution is 6.30. The Bertz CT molecular complexity index is 325. The summed E-state index contributed by atoms with van der Waals surface area (Å²) in [6.45, 7) is 2.71. The Kier molecular flexibility index (Phi) is 2.26. The van der Waals surface area contributed by atoms with Crippen molar-refractivity contribution in [3.8, 4) is 0 Å². The summed E-state index contributed by atoms with van der Waals surface area (Å²) in [4.78, 5) is 4.23. The van der Waals surface area contributed by atoms with Crippen molar-refractivity contribution in [2.75, 3.05) is 6.54 Å². The van der Waals surface area contributed by atoms with E-state index in [4.69, 9.17) is 17.3 Å². The Balaban J connectivity index is 2.22. The summed E-state index contributed by atoms with van der Waals surface area (Å²) in [6.07, 6.45) is 1.17. The first-order valence-electron chi connectivity index (χ1n) is 4.55. The lowest BCUT2D eigenvalue weighted by molar-refractivity contribution is 0.807. The van der Waals surface area contributed by atoms with Gasteiger partial charge in [-0.25, -0.2) is 4.98 Å². The highest BCUT2D eigenvalue weighted by Gasteiger charge is 2.38. The van der Waals surface area contributed by atoms with Crippen molar-refractivity contribution in [2.24, 2.45) is 11.7 Å². The summed E-state index contributed by atoms with van der Waals surface area (Å²) < 4.78 is 0. The van der Waals surface area contributed by atoms with Crippen molar-refractivity contribution < 1.29 is 0 Å². The third-order valence-corrected chi connectivity index (χ3v) is 2.94. The fraction of sp³-hybridized carbons (Fsp3) is 0.500. The van der Waals surface area contributed by atoms with Crippen molar-refractivity contribution in [1.82, 2.24) is 4.98 Å². The molecule has 0 aliphatic heterocycles. The van der Waals surface area contributed by atoms with Crippen molar-refractivity contribution in [1.29, 1.82) is 0 Å². The third-order valence-electron chi connectivity index (χ3n) is 2.64. The summed E-state index contributed by atoms with van der Waals surface area (Å²) in [5.41, 5.74) is 7.72. The number of pyridine rings is 1. The average Bonchev–Trinajstić information content (AvgIpc) is 2.83. The van der Waals surface area contributed by atoms with Gasteiger partial charge in [0.2, 0.25) is 0 Å². The van der Waals surface area contributed by atoms with Crippen LogP contribution in [0.4, 0.5) is 0 Å². The van der Waals surface area contributed by atoms with Crippen LogP contribution in [0, 0.1) is 12.8 Å². The van der Waals surface area contributed by atoms with Gasteiger partial charge in [-0.3, -0.25) is 0 Å². The molecule has 0 aromatic carbocycles. The van der Waals surface area contributed by atoms with E-state index >= 15 is 0 Å². The van der Waals surface area contributed by atoms with E-state index in [1.807, 2.05) is 13.0 Å². The average molecular weight is 197 g/mol.